The Balaban J connectivity index is 1.74. The highest BCUT2D eigenvalue weighted by Crippen LogP contribution is 2.16. The Hall–Kier alpha value is -1.85. The summed E-state index contributed by atoms with van der Waals surface area (Å²) in [6.45, 7) is 0.111. The van der Waals surface area contributed by atoms with Gasteiger partial charge in [0, 0.05) is 11.4 Å². The van der Waals surface area contributed by atoms with Crippen LogP contribution < -0.4 is 5.32 Å². The van der Waals surface area contributed by atoms with Crippen molar-refractivity contribution in [3.63, 3.8) is 0 Å². The number of aliphatic hydroxyl groups is 1. The summed E-state index contributed by atoms with van der Waals surface area (Å²) in [6.07, 6.45) is -0.837. The highest BCUT2D eigenvalue weighted by Gasteiger charge is 2.09. The van der Waals surface area contributed by atoms with E-state index in [9.17, 15) is 14.3 Å². The van der Waals surface area contributed by atoms with E-state index in [1.807, 2.05) is 30.3 Å². The highest BCUT2D eigenvalue weighted by molar-refractivity contribution is 8.00. The number of hydrogen-bond donors (Lipinski definition) is 2. The molecule has 110 valence electrons. The van der Waals surface area contributed by atoms with Crippen LogP contribution in [0.1, 0.15) is 11.7 Å². The zero-order valence-electron chi connectivity index (χ0n) is 11.3. The smallest absolute Gasteiger partial charge is 0.230 e. The average molecular weight is 305 g/mol. The van der Waals surface area contributed by atoms with E-state index in [1.165, 1.54) is 36.0 Å². The van der Waals surface area contributed by atoms with Crippen molar-refractivity contribution >= 4 is 17.7 Å². The van der Waals surface area contributed by atoms with Crippen molar-refractivity contribution in [2.24, 2.45) is 0 Å². The van der Waals surface area contributed by atoms with Gasteiger partial charge in [-0.25, -0.2) is 4.39 Å². The quantitative estimate of drug-likeness (QED) is 0.807. The van der Waals surface area contributed by atoms with Gasteiger partial charge in [-0.1, -0.05) is 30.3 Å². The molecule has 0 saturated heterocycles. The number of rotatable bonds is 6. The Kier molecular flexibility index (Phi) is 5.78. The Morgan fingerprint density at radius 3 is 2.48 bits per heavy atom. The SMILES string of the molecule is O=C(CSc1ccccc1)NC[C@@H](O)c1ccc(F)cc1. The van der Waals surface area contributed by atoms with Crippen molar-refractivity contribution in [3.05, 3.63) is 66.0 Å². The van der Waals surface area contributed by atoms with Crippen LogP contribution in [0, 0.1) is 5.82 Å². The van der Waals surface area contributed by atoms with Gasteiger partial charge < -0.3 is 10.4 Å². The standard InChI is InChI=1S/C16H16FNO2S/c17-13-8-6-12(7-9-13)15(19)10-18-16(20)11-21-14-4-2-1-3-5-14/h1-9,15,19H,10-11H2,(H,18,20)/t15-/m1/s1. The van der Waals surface area contributed by atoms with E-state index in [0.717, 1.165) is 4.90 Å². The molecule has 0 radical (unpaired) electrons. The number of nitrogens with one attached hydrogen (secondary N) is 1. The third kappa shape index (κ3) is 5.21. The molecule has 5 heteroatoms. The number of halogens is 1. The third-order valence-corrected chi connectivity index (χ3v) is 3.87. The van der Waals surface area contributed by atoms with Gasteiger partial charge in [0.1, 0.15) is 5.82 Å². The lowest BCUT2D eigenvalue weighted by molar-refractivity contribution is -0.119. The van der Waals surface area contributed by atoms with Crippen LogP contribution in [0.25, 0.3) is 0 Å². The van der Waals surface area contributed by atoms with Crippen LogP contribution >= 0.6 is 11.8 Å². The lowest BCUT2D eigenvalue weighted by atomic mass is 10.1. The fraction of sp³-hybridized carbons (Fsp3) is 0.188. The van der Waals surface area contributed by atoms with Gasteiger partial charge in [-0.2, -0.15) is 0 Å². The van der Waals surface area contributed by atoms with E-state index in [-0.39, 0.29) is 18.3 Å². The van der Waals surface area contributed by atoms with Gasteiger partial charge in [-0.3, -0.25) is 4.79 Å². The largest absolute Gasteiger partial charge is 0.387 e. The molecule has 2 N–H and O–H groups in total. The molecule has 0 heterocycles. The van der Waals surface area contributed by atoms with Gasteiger partial charge in [-0.15, -0.1) is 11.8 Å². The number of amides is 1. The molecule has 21 heavy (non-hydrogen) atoms. The molecular weight excluding hydrogens is 289 g/mol. The van der Waals surface area contributed by atoms with Crippen molar-refractivity contribution in [2.45, 2.75) is 11.0 Å². The molecule has 2 aromatic carbocycles. The van der Waals surface area contributed by atoms with E-state index in [0.29, 0.717) is 11.3 Å². The summed E-state index contributed by atoms with van der Waals surface area (Å²) in [4.78, 5) is 12.7. The second-order valence-electron chi connectivity index (χ2n) is 4.47. The van der Waals surface area contributed by atoms with Crippen molar-refractivity contribution in [2.75, 3.05) is 12.3 Å². The first kappa shape index (κ1) is 15.5. The van der Waals surface area contributed by atoms with E-state index in [2.05, 4.69) is 5.32 Å². The lowest BCUT2D eigenvalue weighted by Crippen LogP contribution is -2.29. The maximum atomic E-state index is 12.8. The summed E-state index contributed by atoms with van der Waals surface area (Å²) in [5.41, 5.74) is 0.576. The van der Waals surface area contributed by atoms with Gasteiger partial charge >= 0.3 is 0 Å². The van der Waals surface area contributed by atoms with Crippen molar-refractivity contribution in [1.82, 2.24) is 5.32 Å². The molecule has 0 unspecified atom stereocenters. The molecule has 0 aliphatic carbocycles. The average Bonchev–Trinajstić information content (AvgIpc) is 2.52. The summed E-state index contributed by atoms with van der Waals surface area (Å²) in [5, 5.41) is 12.6. The first-order chi connectivity index (χ1) is 10.1. The Morgan fingerprint density at radius 1 is 1.14 bits per heavy atom. The molecule has 2 rings (SSSR count). The molecule has 0 fully saturated rings. The number of thioether (sulfide) groups is 1. The summed E-state index contributed by atoms with van der Waals surface area (Å²) in [5.74, 6) is -0.209. The molecule has 0 bridgehead atoms. The highest BCUT2D eigenvalue weighted by atomic mass is 32.2. The van der Waals surface area contributed by atoms with E-state index < -0.39 is 6.10 Å². The first-order valence-electron chi connectivity index (χ1n) is 6.53. The van der Waals surface area contributed by atoms with Gasteiger partial charge in [-0.05, 0) is 29.8 Å². The van der Waals surface area contributed by atoms with Gasteiger partial charge in [0.25, 0.3) is 0 Å². The minimum atomic E-state index is -0.837. The van der Waals surface area contributed by atoms with E-state index >= 15 is 0 Å². The minimum absolute atomic E-state index is 0.111. The van der Waals surface area contributed by atoms with Crippen LogP contribution in [0.3, 0.4) is 0 Å². The zero-order valence-corrected chi connectivity index (χ0v) is 12.1. The summed E-state index contributed by atoms with van der Waals surface area (Å²) in [7, 11) is 0. The molecule has 0 saturated carbocycles. The fourth-order valence-electron chi connectivity index (χ4n) is 1.73. The number of carbonyl (C=O) groups excluding carboxylic acids is 1. The maximum absolute atomic E-state index is 12.8. The molecule has 2 aromatic rings. The number of carbonyl (C=O) groups is 1. The Labute approximate surface area is 127 Å². The second kappa shape index (κ2) is 7.81. The zero-order chi connectivity index (χ0) is 15.1. The van der Waals surface area contributed by atoms with Crippen LogP contribution in [0.4, 0.5) is 4.39 Å². The second-order valence-corrected chi connectivity index (χ2v) is 5.52. The number of aliphatic hydroxyl groups excluding tert-OH is 1. The molecule has 3 nitrogen and oxygen atoms in total. The molecule has 1 amide bonds. The molecule has 0 aliphatic rings. The maximum Gasteiger partial charge on any atom is 0.230 e. The summed E-state index contributed by atoms with van der Waals surface area (Å²) < 4.78 is 12.8. The summed E-state index contributed by atoms with van der Waals surface area (Å²) in [6, 6.07) is 15.2. The molecule has 0 spiro atoms. The Morgan fingerprint density at radius 2 is 1.81 bits per heavy atom. The van der Waals surface area contributed by atoms with Crippen LogP contribution in [0.2, 0.25) is 0 Å². The van der Waals surface area contributed by atoms with Gasteiger partial charge in [0.15, 0.2) is 0 Å². The monoisotopic (exact) mass is 305 g/mol. The van der Waals surface area contributed by atoms with Crippen molar-refractivity contribution in [3.8, 4) is 0 Å². The molecule has 0 aliphatic heterocycles. The Bertz CT molecular complexity index is 575. The molecule has 0 aromatic heterocycles. The first-order valence-corrected chi connectivity index (χ1v) is 7.52. The normalized spacial score (nSPS) is 11.9. The third-order valence-electron chi connectivity index (χ3n) is 2.86. The predicted octanol–water partition coefficient (Wildman–Crippen LogP) is 2.77. The predicted molar refractivity (Wildman–Crippen MR) is 81.5 cm³/mol. The van der Waals surface area contributed by atoms with Gasteiger partial charge in [0.2, 0.25) is 5.91 Å². The molecular formula is C16H16FNO2S. The fourth-order valence-corrected chi connectivity index (χ4v) is 2.48. The van der Waals surface area contributed by atoms with E-state index in [4.69, 9.17) is 0 Å². The minimum Gasteiger partial charge on any atom is -0.387 e. The van der Waals surface area contributed by atoms with Crippen LogP contribution in [0.5, 0.6) is 0 Å². The van der Waals surface area contributed by atoms with Crippen molar-refractivity contribution < 1.29 is 14.3 Å². The number of benzene rings is 2. The van der Waals surface area contributed by atoms with Crippen molar-refractivity contribution in [1.29, 1.82) is 0 Å². The summed E-state index contributed by atoms with van der Waals surface area (Å²) >= 11 is 1.43. The van der Waals surface area contributed by atoms with Crippen LogP contribution in [0.15, 0.2) is 59.5 Å². The van der Waals surface area contributed by atoms with Crippen LogP contribution in [-0.4, -0.2) is 23.3 Å². The molecule has 1 atom stereocenters. The van der Waals surface area contributed by atoms with E-state index in [1.54, 1.807) is 0 Å². The topological polar surface area (TPSA) is 49.3 Å². The lowest BCUT2D eigenvalue weighted by Gasteiger charge is -2.12. The van der Waals surface area contributed by atoms with Crippen LogP contribution in [-0.2, 0) is 4.79 Å². The van der Waals surface area contributed by atoms with Gasteiger partial charge in [0.05, 0.1) is 11.9 Å². The number of hydrogen-bond acceptors (Lipinski definition) is 3.